The Labute approximate surface area is 322 Å². The van der Waals surface area contributed by atoms with Crippen LogP contribution in [0.5, 0.6) is 5.75 Å². The van der Waals surface area contributed by atoms with E-state index in [4.69, 9.17) is 13.9 Å². The number of benzene rings is 4. The van der Waals surface area contributed by atoms with Crippen LogP contribution in [-0.4, -0.2) is 62.7 Å². The average molecular weight is 760 g/mol. The number of methoxy groups -OCH3 is 1. The molecule has 8 nitrogen and oxygen atoms in total. The highest BCUT2D eigenvalue weighted by Gasteiger charge is 2.59. The summed E-state index contributed by atoms with van der Waals surface area (Å²) in [7, 11) is -1.84. The number of ether oxygens (including phenoxy) is 2. The largest absolute Gasteiger partial charge is 0.505 e. The standard InChI is InChI=1S/C45H46FNO7Si/c1-45(2,3)55(33-16-10-6-11-17-33,34-18-12-7-13-19-34)54-27-32-26-35-41(43(50)47(42(35)49)44(51)52-4)36-28-53-39(40(32)36)23-21-31(30-14-8-5-9-15-30)24-29-20-22-38(48)37(46)25-29/h5-20,22,24-25,35-36,39,41,48H,21,23,26-28H2,1-4H3/b31-24-/t35-,36+,39-,41-/m1/s1. The lowest BCUT2D eigenvalue weighted by molar-refractivity contribution is -0.137. The Kier molecular flexibility index (Phi) is 10.8. The third-order valence-electron chi connectivity index (χ3n) is 11.4. The summed E-state index contributed by atoms with van der Waals surface area (Å²) < 4.78 is 33.3. The van der Waals surface area contributed by atoms with E-state index in [1.165, 1.54) is 12.1 Å². The summed E-state index contributed by atoms with van der Waals surface area (Å²) in [5.41, 5.74) is 4.39. The molecule has 0 aromatic heterocycles. The lowest BCUT2D eigenvalue weighted by atomic mass is 9.69. The number of aromatic hydroxyl groups is 1. The van der Waals surface area contributed by atoms with E-state index in [0.717, 1.165) is 39.8 Å². The van der Waals surface area contributed by atoms with Gasteiger partial charge in [-0.15, -0.1) is 0 Å². The predicted octanol–water partition coefficient (Wildman–Crippen LogP) is 7.51. The number of nitrogens with zero attached hydrogens (tertiary/aromatic N) is 1. The van der Waals surface area contributed by atoms with Crippen molar-refractivity contribution in [1.82, 2.24) is 4.90 Å². The summed E-state index contributed by atoms with van der Waals surface area (Å²) in [6.45, 7) is 7.07. The molecular formula is C45H46FNO7Si. The smallest absolute Gasteiger partial charge is 0.423 e. The molecule has 0 saturated carbocycles. The molecule has 3 aliphatic rings. The zero-order chi connectivity index (χ0) is 38.9. The van der Waals surface area contributed by atoms with E-state index in [-0.39, 0.29) is 24.7 Å². The molecule has 7 rings (SSSR count). The summed E-state index contributed by atoms with van der Waals surface area (Å²) in [5, 5.41) is 11.8. The Morgan fingerprint density at radius 3 is 2.11 bits per heavy atom. The first-order valence-electron chi connectivity index (χ1n) is 18.7. The van der Waals surface area contributed by atoms with E-state index in [2.05, 4.69) is 45.0 Å². The van der Waals surface area contributed by atoms with Gasteiger partial charge in [0, 0.05) is 5.92 Å². The van der Waals surface area contributed by atoms with Gasteiger partial charge >= 0.3 is 6.09 Å². The fourth-order valence-electron chi connectivity index (χ4n) is 8.89. The number of halogens is 1. The van der Waals surface area contributed by atoms with Crippen LogP contribution in [0.15, 0.2) is 120 Å². The van der Waals surface area contributed by atoms with Crippen molar-refractivity contribution in [2.75, 3.05) is 20.3 Å². The van der Waals surface area contributed by atoms with E-state index in [9.17, 15) is 23.9 Å². The molecule has 2 saturated heterocycles. The Hall–Kier alpha value is -5.16. The molecule has 2 heterocycles. The Morgan fingerprint density at radius 2 is 1.53 bits per heavy atom. The summed E-state index contributed by atoms with van der Waals surface area (Å²) >= 11 is 0. The summed E-state index contributed by atoms with van der Waals surface area (Å²) in [6.07, 6.45) is 1.87. The van der Waals surface area contributed by atoms with Gasteiger partial charge in [0.1, 0.15) is 0 Å². The molecule has 4 atom stereocenters. The van der Waals surface area contributed by atoms with Crippen LogP contribution in [0.25, 0.3) is 11.6 Å². The van der Waals surface area contributed by atoms with Crippen LogP contribution in [0.3, 0.4) is 0 Å². The number of allylic oxidation sites excluding steroid dienone is 1. The maximum absolute atomic E-state index is 14.4. The number of hydrogen-bond donors (Lipinski definition) is 1. The van der Waals surface area contributed by atoms with E-state index < -0.39 is 61.6 Å². The number of carbonyl (C=O) groups is 3. The molecule has 2 aliphatic heterocycles. The van der Waals surface area contributed by atoms with E-state index >= 15 is 0 Å². The van der Waals surface area contributed by atoms with Crippen LogP contribution in [0, 0.1) is 23.6 Å². The molecule has 55 heavy (non-hydrogen) atoms. The molecule has 284 valence electrons. The molecule has 10 heteroatoms. The summed E-state index contributed by atoms with van der Waals surface area (Å²) in [4.78, 5) is 41.1. The quantitative estimate of drug-likeness (QED) is 0.0773. The number of fused-ring (bicyclic) bond motifs is 3. The number of phenolic OH excluding ortho intramolecular Hbond substituents is 1. The van der Waals surface area contributed by atoms with Crippen LogP contribution >= 0.6 is 0 Å². The maximum Gasteiger partial charge on any atom is 0.423 e. The third-order valence-corrected chi connectivity index (χ3v) is 16.4. The summed E-state index contributed by atoms with van der Waals surface area (Å²) in [6, 6.07) is 34.8. The number of amides is 3. The number of rotatable bonds is 10. The highest BCUT2D eigenvalue weighted by Crippen LogP contribution is 2.51. The minimum Gasteiger partial charge on any atom is -0.505 e. The van der Waals surface area contributed by atoms with Crippen LogP contribution in [-0.2, 0) is 23.5 Å². The fraction of sp³-hybridized carbons (Fsp3) is 0.311. The van der Waals surface area contributed by atoms with Crippen molar-refractivity contribution in [1.29, 1.82) is 0 Å². The number of phenols is 1. The highest BCUT2D eigenvalue weighted by atomic mass is 28.4. The van der Waals surface area contributed by atoms with Crippen LogP contribution < -0.4 is 10.4 Å². The first-order chi connectivity index (χ1) is 26.4. The second kappa shape index (κ2) is 15.5. The molecule has 0 spiro atoms. The van der Waals surface area contributed by atoms with E-state index in [1.807, 2.05) is 72.8 Å². The van der Waals surface area contributed by atoms with Crippen molar-refractivity contribution >= 4 is 48.2 Å². The van der Waals surface area contributed by atoms with Gasteiger partial charge in [-0.05, 0) is 74.7 Å². The van der Waals surface area contributed by atoms with Gasteiger partial charge in [-0.25, -0.2) is 9.18 Å². The van der Waals surface area contributed by atoms with Gasteiger partial charge in [0.25, 0.3) is 8.32 Å². The topological polar surface area (TPSA) is 102 Å². The number of imide groups is 3. The second-order valence-electron chi connectivity index (χ2n) is 15.5. The van der Waals surface area contributed by atoms with Gasteiger partial charge in [-0.3, -0.25) is 9.59 Å². The van der Waals surface area contributed by atoms with Gasteiger partial charge in [0.2, 0.25) is 11.8 Å². The van der Waals surface area contributed by atoms with E-state index in [1.54, 1.807) is 6.07 Å². The zero-order valence-corrected chi connectivity index (χ0v) is 32.5. The maximum atomic E-state index is 14.4. The second-order valence-corrected chi connectivity index (χ2v) is 19.8. The average Bonchev–Trinajstić information content (AvgIpc) is 3.72. The van der Waals surface area contributed by atoms with Crippen LogP contribution in [0.2, 0.25) is 5.04 Å². The number of likely N-dealkylation sites (tertiary alicyclic amines) is 1. The highest BCUT2D eigenvalue weighted by molar-refractivity contribution is 6.99. The zero-order valence-electron chi connectivity index (χ0n) is 31.5. The van der Waals surface area contributed by atoms with Crippen molar-refractivity contribution in [3.05, 3.63) is 137 Å². The van der Waals surface area contributed by atoms with Crippen molar-refractivity contribution in [2.24, 2.45) is 17.8 Å². The molecule has 1 aliphatic carbocycles. The lowest BCUT2D eigenvalue weighted by Gasteiger charge is -2.44. The molecule has 2 fully saturated rings. The molecule has 1 N–H and O–H groups in total. The normalized spacial score (nSPS) is 21.5. The molecule has 4 aromatic rings. The molecular weight excluding hydrogens is 714 g/mol. The van der Waals surface area contributed by atoms with Crippen LogP contribution in [0.4, 0.5) is 9.18 Å². The third kappa shape index (κ3) is 7.10. The van der Waals surface area contributed by atoms with Crippen molar-refractivity contribution in [2.45, 2.75) is 51.2 Å². The number of hydrogen-bond acceptors (Lipinski definition) is 7. The van der Waals surface area contributed by atoms with Gasteiger partial charge in [0.15, 0.2) is 11.6 Å². The Bertz CT molecular complexity index is 2090. The van der Waals surface area contributed by atoms with Crippen molar-refractivity contribution in [3.8, 4) is 5.75 Å². The van der Waals surface area contributed by atoms with Gasteiger partial charge in [-0.1, -0.05) is 124 Å². The SMILES string of the molecule is COC(=O)N1C(=O)[C@@H]2[C@@H](CC(CO[Si](c3ccccc3)(c3ccccc3)C(C)(C)C)=C3[C@@H](CC/C(=C/c4ccc(O)c(F)c4)c4ccccc4)OC[C@@H]32)C1=O. The number of carbonyl (C=O) groups excluding carboxylic acids is 3. The van der Waals surface area contributed by atoms with Crippen molar-refractivity contribution in [3.63, 3.8) is 0 Å². The lowest BCUT2D eigenvalue weighted by Crippen LogP contribution is -2.66. The minimum absolute atomic E-state index is 0.214. The molecule has 0 unspecified atom stereocenters. The monoisotopic (exact) mass is 759 g/mol. The Balaban J connectivity index is 1.29. The molecule has 4 aromatic carbocycles. The predicted molar refractivity (Wildman–Crippen MR) is 211 cm³/mol. The summed E-state index contributed by atoms with van der Waals surface area (Å²) in [5.74, 6) is -4.15. The van der Waals surface area contributed by atoms with Gasteiger partial charge < -0.3 is 19.0 Å². The van der Waals surface area contributed by atoms with Gasteiger partial charge in [-0.2, -0.15) is 4.90 Å². The first-order valence-corrected chi connectivity index (χ1v) is 20.6. The Morgan fingerprint density at radius 1 is 0.909 bits per heavy atom. The molecule has 0 radical (unpaired) electrons. The minimum atomic E-state index is -3.00. The molecule has 3 amide bonds. The van der Waals surface area contributed by atoms with Crippen molar-refractivity contribution < 1.29 is 37.8 Å². The van der Waals surface area contributed by atoms with Crippen LogP contribution in [0.1, 0.15) is 51.2 Å². The van der Waals surface area contributed by atoms with Gasteiger partial charge in [0.05, 0.1) is 38.3 Å². The first kappa shape index (κ1) is 38.1. The fourth-order valence-corrected chi connectivity index (χ4v) is 13.4. The molecule has 0 bridgehead atoms. The van der Waals surface area contributed by atoms with E-state index in [0.29, 0.717) is 23.3 Å².